The van der Waals surface area contributed by atoms with Crippen molar-refractivity contribution in [3.05, 3.63) is 29.3 Å². The summed E-state index contributed by atoms with van der Waals surface area (Å²) in [5, 5.41) is 5.65. The van der Waals surface area contributed by atoms with Crippen LogP contribution < -0.4 is 15.5 Å². The number of anilines is 1. The molecule has 1 aliphatic carbocycles. The largest absolute Gasteiger partial charge is 0.374 e. The first kappa shape index (κ1) is 18.7. The van der Waals surface area contributed by atoms with E-state index in [0.29, 0.717) is 6.54 Å². The van der Waals surface area contributed by atoms with Gasteiger partial charge in [0, 0.05) is 31.9 Å². The summed E-state index contributed by atoms with van der Waals surface area (Å²) in [6.45, 7) is 1.46. The highest BCUT2D eigenvalue weighted by Crippen LogP contribution is 2.30. The fourth-order valence-electron chi connectivity index (χ4n) is 3.98. The van der Waals surface area contributed by atoms with Crippen molar-refractivity contribution in [1.29, 1.82) is 0 Å². The Morgan fingerprint density at radius 3 is 2.65 bits per heavy atom. The number of rotatable bonds is 5. The molecular weight excluding hydrogens is 328 g/mol. The first-order chi connectivity index (χ1) is 12.5. The number of amides is 2. The molecule has 2 aliphatic rings. The van der Waals surface area contributed by atoms with Gasteiger partial charge in [-0.3, -0.25) is 9.59 Å². The standard InChI is InChI=1S/C20H30N4O2/c1-23(2)18(14-8-9-17-15(12-14)10-11-24(17)3)13-21-19(25)20(26)22-16-6-4-5-7-16/h8-9,12,16,18H,4-7,10-11,13H2,1-3H3,(H,21,25)(H,22,26)/t18-/m0/s1. The molecule has 0 aromatic heterocycles. The lowest BCUT2D eigenvalue weighted by molar-refractivity contribution is -0.139. The van der Waals surface area contributed by atoms with E-state index in [9.17, 15) is 9.59 Å². The maximum absolute atomic E-state index is 12.2. The molecular formula is C20H30N4O2. The molecule has 3 rings (SSSR count). The van der Waals surface area contributed by atoms with Gasteiger partial charge < -0.3 is 20.4 Å². The van der Waals surface area contributed by atoms with Crippen molar-refractivity contribution in [2.45, 2.75) is 44.2 Å². The number of carbonyl (C=O) groups excluding carboxylic acids is 2. The SMILES string of the molecule is CN1CCc2cc([C@H](CNC(=O)C(=O)NC3CCCC3)N(C)C)ccc21. The molecule has 1 saturated carbocycles. The van der Waals surface area contributed by atoms with Crippen molar-refractivity contribution in [2.24, 2.45) is 0 Å². The van der Waals surface area contributed by atoms with Crippen LogP contribution in [0.4, 0.5) is 5.69 Å². The maximum Gasteiger partial charge on any atom is 0.309 e. The summed E-state index contributed by atoms with van der Waals surface area (Å²) in [6, 6.07) is 6.70. The van der Waals surface area contributed by atoms with Gasteiger partial charge in [0.15, 0.2) is 0 Å². The second kappa shape index (κ2) is 8.08. The van der Waals surface area contributed by atoms with E-state index in [4.69, 9.17) is 0 Å². The molecule has 0 unspecified atom stereocenters. The molecule has 142 valence electrons. The minimum atomic E-state index is -0.537. The van der Waals surface area contributed by atoms with Gasteiger partial charge in [-0.2, -0.15) is 0 Å². The number of nitrogens with zero attached hydrogens (tertiary/aromatic N) is 2. The third kappa shape index (κ3) is 4.18. The van der Waals surface area contributed by atoms with Gasteiger partial charge in [0.05, 0.1) is 6.04 Å². The summed E-state index contributed by atoms with van der Waals surface area (Å²) in [7, 11) is 6.10. The van der Waals surface area contributed by atoms with Gasteiger partial charge in [-0.1, -0.05) is 25.0 Å². The van der Waals surface area contributed by atoms with Crippen molar-refractivity contribution in [1.82, 2.24) is 15.5 Å². The number of hydrogen-bond donors (Lipinski definition) is 2. The monoisotopic (exact) mass is 358 g/mol. The molecule has 1 atom stereocenters. The van der Waals surface area contributed by atoms with Crippen LogP contribution in [0.15, 0.2) is 18.2 Å². The highest BCUT2D eigenvalue weighted by atomic mass is 16.2. The fraction of sp³-hybridized carbons (Fsp3) is 0.600. The van der Waals surface area contributed by atoms with Gasteiger partial charge in [0.25, 0.3) is 0 Å². The van der Waals surface area contributed by atoms with Gasteiger partial charge in [0.1, 0.15) is 0 Å². The minimum Gasteiger partial charge on any atom is -0.374 e. The van der Waals surface area contributed by atoms with Crippen LogP contribution in [0, 0.1) is 0 Å². The summed E-state index contributed by atoms with van der Waals surface area (Å²) in [5.74, 6) is -1.05. The summed E-state index contributed by atoms with van der Waals surface area (Å²) in [4.78, 5) is 28.6. The molecule has 0 radical (unpaired) electrons. The summed E-state index contributed by atoms with van der Waals surface area (Å²) in [5.41, 5.74) is 3.80. The molecule has 1 fully saturated rings. The van der Waals surface area contributed by atoms with Crippen LogP contribution in [-0.4, -0.2) is 57.0 Å². The summed E-state index contributed by atoms with van der Waals surface area (Å²) < 4.78 is 0. The van der Waals surface area contributed by atoms with Crippen LogP contribution in [0.5, 0.6) is 0 Å². The van der Waals surface area contributed by atoms with Crippen molar-refractivity contribution in [3.8, 4) is 0 Å². The van der Waals surface area contributed by atoms with Crippen LogP contribution in [0.3, 0.4) is 0 Å². The molecule has 2 amide bonds. The van der Waals surface area contributed by atoms with Crippen LogP contribution in [0.1, 0.15) is 42.9 Å². The predicted molar refractivity (Wildman–Crippen MR) is 103 cm³/mol. The van der Waals surface area contributed by atoms with E-state index >= 15 is 0 Å². The molecule has 1 aliphatic heterocycles. The number of nitrogens with one attached hydrogen (secondary N) is 2. The van der Waals surface area contributed by atoms with Gasteiger partial charge in [-0.05, 0) is 50.6 Å². The highest BCUT2D eigenvalue weighted by Gasteiger charge is 2.24. The Labute approximate surface area is 155 Å². The predicted octanol–water partition coefficient (Wildman–Crippen LogP) is 1.46. The lowest BCUT2D eigenvalue weighted by atomic mass is 10.0. The lowest BCUT2D eigenvalue weighted by Crippen LogP contribution is -2.45. The number of likely N-dealkylation sites (N-methyl/N-ethyl adjacent to an activating group) is 2. The highest BCUT2D eigenvalue weighted by molar-refractivity contribution is 6.35. The third-order valence-corrected chi connectivity index (χ3v) is 5.59. The Balaban J connectivity index is 1.60. The van der Waals surface area contributed by atoms with E-state index in [-0.39, 0.29) is 12.1 Å². The van der Waals surface area contributed by atoms with E-state index in [2.05, 4.69) is 45.7 Å². The average molecular weight is 358 g/mol. The molecule has 1 aromatic rings. The molecule has 0 saturated heterocycles. The van der Waals surface area contributed by atoms with Gasteiger partial charge in [-0.15, -0.1) is 0 Å². The van der Waals surface area contributed by atoms with Crippen LogP contribution in [0.2, 0.25) is 0 Å². The normalized spacial score (nSPS) is 18.1. The van der Waals surface area contributed by atoms with E-state index in [1.165, 1.54) is 16.8 Å². The molecule has 26 heavy (non-hydrogen) atoms. The zero-order valence-corrected chi connectivity index (χ0v) is 16.0. The lowest BCUT2D eigenvalue weighted by Gasteiger charge is -2.26. The molecule has 6 nitrogen and oxygen atoms in total. The van der Waals surface area contributed by atoms with E-state index in [1.54, 1.807) is 0 Å². The Morgan fingerprint density at radius 1 is 1.23 bits per heavy atom. The Morgan fingerprint density at radius 2 is 1.96 bits per heavy atom. The van der Waals surface area contributed by atoms with E-state index in [0.717, 1.165) is 38.6 Å². The zero-order valence-electron chi connectivity index (χ0n) is 16.0. The first-order valence-electron chi connectivity index (χ1n) is 9.55. The number of fused-ring (bicyclic) bond motifs is 1. The molecule has 0 bridgehead atoms. The summed E-state index contributed by atoms with van der Waals surface area (Å²) in [6.07, 6.45) is 5.26. The summed E-state index contributed by atoms with van der Waals surface area (Å²) >= 11 is 0. The quantitative estimate of drug-likeness (QED) is 0.782. The smallest absolute Gasteiger partial charge is 0.309 e. The van der Waals surface area contributed by atoms with Crippen LogP contribution >= 0.6 is 0 Å². The Kier molecular flexibility index (Phi) is 5.81. The van der Waals surface area contributed by atoms with Gasteiger partial charge in [0.2, 0.25) is 0 Å². The minimum absolute atomic E-state index is 0.0365. The first-order valence-corrected chi connectivity index (χ1v) is 9.55. The molecule has 2 N–H and O–H groups in total. The number of carbonyl (C=O) groups is 2. The Bertz CT molecular complexity index is 668. The molecule has 6 heteroatoms. The second-order valence-corrected chi connectivity index (χ2v) is 7.70. The van der Waals surface area contributed by atoms with E-state index in [1.807, 2.05) is 14.1 Å². The zero-order chi connectivity index (χ0) is 18.7. The van der Waals surface area contributed by atoms with Crippen LogP contribution in [0.25, 0.3) is 0 Å². The van der Waals surface area contributed by atoms with Crippen molar-refractivity contribution < 1.29 is 9.59 Å². The van der Waals surface area contributed by atoms with Gasteiger partial charge in [-0.25, -0.2) is 0 Å². The third-order valence-electron chi connectivity index (χ3n) is 5.59. The number of benzene rings is 1. The number of hydrogen-bond acceptors (Lipinski definition) is 4. The molecule has 1 aromatic carbocycles. The maximum atomic E-state index is 12.2. The molecule has 1 heterocycles. The van der Waals surface area contributed by atoms with Crippen molar-refractivity contribution >= 4 is 17.5 Å². The van der Waals surface area contributed by atoms with Crippen molar-refractivity contribution in [3.63, 3.8) is 0 Å². The topological polar surface area (TPSA) is 64.7 Å². The molecule has 0 spiro atoms. The van der Waals surface area contributed by atoms with Crippen molar-refractivity contribution in [2.75, 3.05) is 39.1 Å². The fourth-order valence-corrected chi connectivity index (χ4v) is 3.98. The van der Waals surface area contributed by atoms with Gasteiger partial charge >= 0.3 is 11.8 Å². The Hall–Kier alpha value is -2.08. The average Bonchev–Trinajstić information content (AvgIpc) is 3.24. The van der Waals surface area contributed by atoms with Crippen LogP contribution in [-0.2, 0) is 16.0 Å². The van der Waals surface area contributed by atoms with E-state index < -0.39 is 11.8 Å². The second-order valence-electron chi connectivity index (χ2n) is 7.70.